The Morgan fingerprint density at radius 2 is 1.63 bits per heavy atom. The van der Waals surface area contributed by atoms with Crippen molar-refractivity contribution in [3.05, 3.63) is 34.4 Å². The Morgan fingerprint density at radius 3 is 2.21 bits per heavy atom. The molecular weight excluding hydrogens is 236 g/mol. The zero-order chi connectivity index (χ0) is 14.0. The molecule has 0 radical (unpaired) electrons. The van der Waals surface area contributed by atoms with E-state index in [2.05, 4.69) is 32.9 Å². The molecule has 1 aromatic rings. The van der Waals surface area contributed by atoms with E-state index in [-0.39, 0.29) is 5.92 Å². The Balaban J connectivity index is 1.99. The van der Waals surface area contributed by atoms with E-state index in [0.717, 1.165) is 32.1 Å². The van der Waals surface area contributed by atoms with E-state index < -0.39 is 5.97 Å². The van der Waals surface area contributed by atoms with Crippen LogP contribution in [-0.2, 0) is 11.2 Å². The minimum atomic E-state index is -0.610. The van der Waals surface area contributed by atoms with E-state index in [9.17, 15) is 4.79 Å². The fourth-order valence-electron chi connectivity index (χ4n) is 3.16. The average Bonchev–Trinajstić information content (AvgIpc) is 2.36. The molecule has 0 atom stereocenters. The van der Waals surface area contributed by atoms with Gasteiger partial charge in [0.1, 0.15) is 0 Å². The van der Waals surface area contributed by atoms with E-state index in [0.29, 0.717) is 5.92 Å². The molecule has 0 spiro atoms. The highest BCUT2D eigenvalue weighted by Gasteiger charge is 2.26. The van der Waals surface area contributed by atoms with Gasteiger partial charge in [0, 0.05) is 0 Å². The zero-order valence-corrected chi connectivity index (χ0v) is 12.2. The molecule has 104 valence electrons. The molecule has 0 bridgehead atoms. The molecule has 2 rings (SSSR count). The maximum Gasteiger partial charge on any atom is 0.306 e. The number of rotatable bonds is 3. The average molecular weight is 260 g/mol. The highest BCUT2D eigenvalue weighted by atomic mass is 16.4. The standard InChI is InChI=1S/C17H24O2/c1-11-8-13(3)16(9-12(11)2)10-14-4-6-15(7-5-14)17(18)19/h8-9,14-15H,4-7,10H2,1-3H3,(H,18,19). The normalized spacial score (nSPS) is 23.3. The van der Waals surface area contributed by atoms with Gasteiger partial charge in [-0.05, 0) is 81.0 Å². The van der Waals surface area contributed by atoms with Crippen LogP contribution in [0.2, 0.25) is 0 Å². The van der Waals surface area contributed by atoms with Gasteiger partial charge in [-0.15, -0.1) is 0 Å². The molecule has 1 fully saturated rings. The predicted molar refractivity (Wildman–Crippen MR) is 77.4 cm³/mol. The molecule has 1 saturated carbocycles. The van der Waals surface area contributed by atoms with E-state index in [1.54, 1.807) is 0 Å². The van der Waals surface area contributed by atoms with Crippen LogP contribution < -0.4 is 0 Å². The summed E-state index contributed by atoms with van der Waals surface area (Å²) in [7, 11) is 0. The Hall–Kier alpha value is -1.31. The second kappa shape index (κ2) is 5.77. The summed E-state index contributed by atoms with van der Waals surface area (Å²) in [6.45, 7) is 6.51. The van der Waals surface area contributed by atoms with Gasteiger partial charge in [-0.3, -0.25) is 4.79 Å². The molecule has 0 amide bonds. The quantitative estimate of drug-likeness (QED) is 0.890. The van der Waals surface area contributed by atoms with E-state index in [4.69, 9.17) is 5.11 Å². The van der Waals surface area contributed by atoms with Crippen LogP contribution in [0.3, 0.4) is 0 Å². The maximum absolute atomic E-state index is 11.0. The summed E-state index contributed by atoms with van der Waals surface area (Å²) in [6, 6.07) is 4.58. The molecule has 2 heteroatoms. The maximum atomic E-state index is 11.0. The highest BCUT2D eigenvalue weighted by molar-refractivity contribution is 5.70. The van der Waals surface area contributed by atoms with E-state index in [1.165, 1.54) is 22.3 Å². The van der Waals surface area contributed by atoms with Gasteiger partial charge in [-0.1, -0.05) is 12.1 Å². The van der Waals surface area contributed by atoms with Crippen molar-refractivity contribution in [1.82, 2.24) is 0 Å². The number of aryl methyl sites for hydroxylation is 3. The minimum Gasteiger partial charge on any atom is -0.481 e. The smallest absolute Gasteiger partial charge is 0.306 e. The summed E-state index contributed by atoms with van der Waals surface area (Å²) in [4.78, 5) is 11.0. The predicted octanol–water partition coefficient (Wildman–Crippen LogP) is 4.05. The molecule has 1 aromatic carbocycles. The van der Waals surface area contributed by atoms with Crippen molar-refractivity contribution in [2.45, 2.75) is 52.9 Å². The van der Waals surface area contributed by atoms with Crippen LogP contribution >= 0.6 is 0 Å². The van der Waals surface area contributed by atoms with Crippen molar-refractivity contribution in [2.75, 3.05) is 0 Å². The Morgan fingerprint density at radius 1 is 1.05 bits per heavy atom. The Kier molecular flexibility index (Phi) is 4.28. The van der Waals surface area contributed by atoms with E-state index in [1.807, 2.05) is 0 Å². The second-order valence-corrected chi connectivity index (χ2v) is 6.12. The SMILES string of the molecule is Cc1cc(C)c(CC2CCC(C(=O)O)CC2)cc1C. The fraction of sp³-hybridized carbons (Fsp3) is 0.588. The lowest BCUT2D eigenvalue weighted by atomic mass is 9.78. The van der Waals surface area contributed by atoms with Crippen molar-refractivity contribution >= 4 is 5.97 Å². The molecule has 2 nitrogen and oxygen atoms in total. The summed E-state index contributed by atoms with van der Waals surface area (Å²) >= 11 is 0. The number of benzene rings is 1. The number of carboxylic acid groups (broad SMARTS) is 1. The molecule has 1 aliphatic rings. The molecule has 0 aliphatic heterocycles. The topological polar surface area (TPSA) is 37.3 Å². The summed E-state index contributed by atoms with van der Waals surface area (Å²) < 4.78 is 0. The van der Waals surface area contributed by atoms with Crippen LogP contribution in [0.15, 0.2) is 12.1 Å². The Bertz CT molecular complexity index is 468. The summed E-state index contributed by atoms with van der Waals surface area (Å²) in [6.07, 6.45) is 4.93. The first-order valence-corrected chi connectivity index (χ1v) is 7.27. The summed E-state index contributed by atoms with van der Waals surface area (Å²) in [5.74, 6) is -0.0469. The summed E-state index contributed by atoms with van der Waals surface area (Å²) in [5, 5.41) is 9.03. The first-order chi connectivity index (χ1) is 8.97. The van der Waals surface area contributed by atoms with Gasteiger partial charge in [0.2, 0.25) is 0 Å². The van der Waals surface area contributed by atoms with Crippen molar-refractivity contribution in [1.29, 1.82) is 0 Å². The fourth-order valence-corrected chi connectivity index (χ4v) is 3.16. The zero-order valence-electron chi connectivity index (χ0n) is 12.2. The van der Waals surface area contributed by atoms with Gasteiger partial charge in [0.05, 0.1) is 5.92 Å². The minimum absolute atomic E-state index is 0.0999. The van der Waals surface area contributed by atoms with Crippen molar-refractivity contribution in [3.63, 3.8) is 0 Å². The molecule has 0 unspecified atom stereocenters. The van der Waals surface area contributed by atoms with Crippen LogP contribution in [0.4, 0.5) is 0 Å². The van der Waals surface area contributed by atoms with Gasteiger partial charge in [-0.25, -0.2) is 0 Å². The van der Waals surface area contributed by atoms with E-state index >= 15 is 0 Å². The molecule has 19 heavy (non-hydrogen) atoms. The van der Waals surface area contributed by atoms with Crippen molar-refractivity contribution < 1.29 is 9.90 Å². The van der Waals surface area contributed by atoms with Gasteiger partial charge in [0.15, 0.2) is 0 Å². The molecule has 0 aromatic heterocycles. The van der Waals surface area contributed by atoms with Crippen LogP contribution in [0.1, 0.15) is 47.9 Å². The number of aliphatic carboxylic acids is 1. The van der Waals surface area contributed by atoms with Crippen molar-refractivity contribution in [3.8, 4) is 0 Å². The number of carbonyl (C=O) groups is 1. The summed E-state index contributed by atoms with van der Waals surface area (Å²) in [5.41, 5.74) is 5.54. The van der Waals surface area contributed by atoms with Crippen molar-refractivity contribution in [2.24, 2.45) is 11.8 Å². The second-order valence-electron chi connectivity index (χ2n) is 6.12. The van der Waals surface area contributed by atoms with Crippen LogP contribution in [-0.4, -0.2) is 11.1 Å². The highest BCUT2D eigenvalue weighted by Crippen LogP contribution is 2.32. The molecule has 1 aliphatic carbocycles. The lowest BCUT2D eigenvalue weighted by Crippen LogP contribution is -2.22. The first-order valence-electron chi connectivity index (χ1n) is 7.27. The van der Waals surface area contributed by atoms with Crippen LogP contribution in [0, 0.1) is 32.6 Å². The van der Waals surface area contributed by atoms with Crippen LogP contribution in [0.5, 0.6) is 0 Å². The number of carboxylic acids is 1. The lowest BCUT2D eigenvalue weighted by Gasteiger charge is -2.26. The number of hydrogen-bond donors (Lipinski definition) is 1. The molecule has 0 heterocycles. The van der Waals surface area contributed by atoms with Gasteiger partial charge in [-0.2, -0.15) is 0 Å². The largest absolute Gasteiger partial charge is 0.481 e. The van der Waals surface area contributed by atoms with Gasteiger partial charge >= 0.3 is 5.97 Å². The molecule has 0 saturated heterocycles. The third kappa shape index (κ3) is 3.37. The first kappa shape index (κ1) is 14.1. The third-order valence-corrected chi connectivity index (χ3v) is 4.66. The third-order valence-electron chi connectivity index (χ3n) is 4.66. The lowest BCUT2D eigenvalue weighted by molar-refractivity contribution is -0.143. The van der Waals surface area contributed by atoms with Crippen LogP contribution in [0.25, 0.3) is 0 Å². The number of hydrogen-bond acceptors (Lipinski definition) is 1. The molecular formula is C17H24O2. The molecule has 1 N–H and O–H groups in total. The Labute approximate surface area is 115 Å². The van der Waals surface area contributed by atoms with Gasteiger partial charge in [0.25, 0.3) is 0 Å². The van der Waals surface area contributed by atoms with Gasteiger partial charge < -0.3 is 5.11 Å². The monoisotopic (exact) mass is 260 g/mol.